The van der Waals surface area contributed by atoms with Gasteiger partial charge in [-0.05, 0) is 116 Å². The van der Waals surface area contributed by atoms with Crippen LogP contribution in [-0.4, -0.2) is 74.9 Å². The molecule has 0 amide bonds. The van der Waals surface area contributed by atoms with Crippen LogP contribution in [0.1, 0.15) is 284 Å². The molecule has 2 unspecified atom stereocenters. The van der Waals surface area contributed by atoms with E-state index in [1.807, 2.05) is 21.1 Å². The van der Waals surface area contributed by atoms with Crippen molar-refractivity contribution in [3.8, 4) is 0 Å². The average molecular weight is 1240 g/mol. The number of phosphoric ester groups is 1. The van der Waals surface area contributed by atoms with Crippen molar-refractivity contribution in [2.24, 2.45) is 0 Å². The number of hydrogen-bond donors (Lipinski definition) is 1. The summed E-state index contributed by atoms with van der Waals surface area (Å²) in [5.41, 5.74) is 0. The van der Waals surface area contributed by atoms with Crippen LogP contribution >= 0.6 is 7.82 Å². The zero-order valence-electron chi connectivity index (χ0n) is 57.2. The average Bonchev–Trinajstić information content (AvgIpc) is 3.58. The molecule has 0 spiro atoms. The molecule has 0 radical (unpaired) electrons. The van der Waals surface area contributed by atoms with Gasteiger partial charge in [0.1, 0.15) is 19.8 Å². The molecule has 502 valence electrons. The van der Waals surface area contributed by atoms with E-state index in [1.165, 1.54) is 122 Å². The molecule has 0 heterocycles. The maximum absolute atomic E-state index is 12.9. The predicted molar refractivity (Wildman–Crippen MR) is 380 cm³/mol. The first-order valence-electron chi connectivity index (χ1n) is 35.6. The Hall–Kier alpha value is -4.11. The highest BCUT2D eigenvalue weighted by Gasteiger charge is 2.27. The second kappa shape index (κ2) is 67.3. The number of ether oxygens (including phenoxy) is 2. The molecule has 0 fully saturated rings. The molecule has 0 aromatic heterocycles. The quantitative estimate of drug-likeness (QED) is 0.0211. The van der Waals surface area contributed by atoms with Gasteiger partial charge in [0.2, 0.25) is 0 Å². The summed E-state index contributed by atoms with van der Waals surface area (Å²) in [6.45, 7) is 4.20. The van der Waals surface area contributed by atoms with Crippen molar-refractivity contribution in [2.75, 3.05) is 47.5 Å². The smallest absolute Gasteiger partial charge is 0.462 e. The zero-order chi connectivity index (χ0) is 64.1. The normalized spacial score (nSPS) is 14.0. The summed E-state index contributed by atoms with van der Waals surface area (Å²) in [4.78, 5) is 35.9. The van der Waals surface area contributed by atoms with Gasteiger partial charge in [0.15, 0.2) is 6.10 Å². The minimum Gasteiger partial charge on any atom is -0.462 e. The maximum atomic E-state index is 12.9. The number of likely N-dealkylation sites (N-methyl/N-ethyl adjacent to an activating group) is 1. The first-order valence-corrected chi connectivity index (χ1v) is 37.1. The molecular formula is C78H133NO8P+. The van der Waals surface area contributed by atoms with E-state index in [1.54, 1.807) is 0 Å². The maximum Gasteiger partial charge on any atom is 0.472 e. The third-order valence-corrected chi connectivity index (χ3v) is 15.8. The second-order valence-electron chi connectivity index (χ2n) is 24.5. The number of unbranched alkanes of at least 4 members (excludes halogenated alkanes) is 26. The lowest BCUT2D eigenvalue weighted by molar-refractivity contribution is -0.870. The minimum atomic E-state index is -4.40. The molecule has 2 atom stereocenters. The second-order valence-corrected chi connectivity index (χ2v) is 26.0. The predicted octanol–water partition coefficient (Wildman–Crippen LogP) is 23.4. The molecule has 0 bridgehead atoms. The van der Waals surface area contributed by atoms with Crippen molar-refractivity contribution in [3.05, 3.63) is 146 Å². The van der Waals surface area contributed by atoms with Gasteiger partial charge < -0.3 is 18.9 Å². The first kappa shape index (κ1) is 83.9. The van der Waals surface area contributed by atoms with Gasteiger partial charge in [-0.3, -0.25) is 18.6 Å². The van der Waals surface area contributed by atoms with E-state index in [9.17, 15) is 19.0 Å². The number of quaternary nitrogens is 1. The lowest BCUT2D eigenvalue weighted by atomic mass is 10.0. The molecule has 0 aliphatic rings. The number of carbonyl (C=O) groups excluding carboxylic acids is 2. The van der Waals surface area contributed by atoms with Crippen LogP contribution in [0.25, 0.3) is 0 Å². The number of nitrogens with zero attached hydrogens (tertiary/aromatic N) is 1. The summed E-state index contributed by atoms with van der Waals surface area (Å²) in [5, 5.41) is 0. The SMILES string of the molecule is CC/C=C\C/C=C\C/C=C\C/C=C\C/C=C\C/C=C\C/C=C\CCCCCCCCCCCCCCCCCCCCCC(=O)OC(COC(=O)CCCCCCCCC/C=C\C/C=C\C/C=C\C/C=C\C/C=C\CC)COP(=O)(O)OCC[N+](C)(C)C. The number of carbonyl (C=O) groups is 2. The van der Waals surface area contributed by atoms with Gasteiger partial charge in [0.25, 0.3) is 0 Å². The third-order valence-electron chi connectivity index (χ3n) is 14.9. The summed E-state index contributed by atoms with van der Waals surface area (Å²) < 4.78 is 34.7. The Labute approximate surface area is 542 Å². The largest absolute Gasteiger partial charge is 0.472 e. The number of phosphoric acid groups is 1. The van der Waals surface area contributed by atoms with Crippen molar-refractivity contribution >= 4 is 19.8 Å². The van der Waals surface area contributed by atoms with Crippen LogP contribution in [-0.2, 0) is 32.7 Å². The number of rotatable bonds is 64. The van der Waals surface area contributed by atoms with E-state index in [-0.39, 0.29) is 32.0 Å². The Morgan fingerprint density at radius 3 is 0.909 bits per heavy atom. The third kappa shape index (κ3) is 71.0. The molecule has 0 aromatic carbocycles. The molecule has 1 N–H and O–H groups in total. The Kier molecular flexibility index (Phi) is 64.1. The number of hydrogen-bond acceptors (Lipinski definition) is 7. The van der Waals surface area contributed by atoms with Crippen LogP contribution in [0.5, 0.6) is 0 Å². The monoisotopic (exact) mass is 1240 g/mol. The van der Waals surface area contributed by atoms with Crippen LogP contribution in [0, 0.1) is 0 Å². The highest BCUT2D eigenvalue weighted by atomic mass is 31.2. The topological polar surface area (TPSA) is 108 Å². The van der Waals surface area contributed by atoms with Gasteiger partial charge in [-0.25, -0.2) is 4.57 Å². The van der Waals surface area contributed by atoms with Crippen LogP contribution in [0.4, 0.5) is 0 Å². The van der Waals surface area contributed by atoms with Crippen molar-refractivity contribution in [3.63, 3.8) is 0 Å². The van der Waals surface area contributed by atoms with Crippen molar-refractivity contribution in [2.45, 2.75) is 290 Å². The molecule has 0 saturated carbocycles. The van der Waals surface area contributed by atoms with Crippen LogP contribution in [0.2, 0.25) is 0 Å². The Bertz CT molecular complexity index is 2000. The highest BCUT2D eigenvalue weighted by molar-refractivity contribution is 7.47. The summed E-state index contributed by atoms with van der Waals surface area (Å²) in [5.74, 6) is -0.809. The van der Waals surface area contributed by atoms with Gasteiger partial charge in [0.05, 0.1) is 27.7 Å². The fourth-order valence-corrected chi connectivity index (χ4v) is 10.2. The fourth-order valence-electron chi connectivity index (χ4n) is 9.50. The summed E-state index contributed by atoms with van der Waals surface area (Å²) in [6.07, 6.45) is 99.6. The van der Waals surface area contributed by atoms with Crippen LogP contribution in [0.3, 0.4) is 0 Å². The number of esters is 2. The van der Waals surface area contributed by atoms with Gasteiger partial charge in [-0.15, -0.1) is 0 Å². The Morgan fingerprint density at radius 1 is 0.352 bits per heavy atom. The van der Waals surface area contributed by atoms with E-state index in [0.717, 1.165) is 128 Å². The molecule has 0 aliphatic carbocycles. The highest BCUT2D eigenvalue weighted by Crippen LogP contribution is 2.43. The molecule has 0 saturated heterocycles. The van der Waals surface area contributed by atoms with E-state index in [0.29, 0.717) is 17.4 Å². The van der Waals surface area contributed by atoms with E-state index in [4.69, 9.17) is 18.5 Å². The van der Waals surface area contributed by atoms with E-state index in [2.05, 4.69) is 160 Å². The van der Waals surface area contributed by atoms with Crippen LogP contribution < -0.4 is 0 Å². The van der Waals surface area contributed by atoms with Gasteiger partial charge in [0, 0.05) is 12.8 Å². The van der Waals surface area contributed by atoms with E-state index < -0.39 is 26.5 Å². The molecular weight excluding hydrogens is 1110 g/mol. The van der Waals surface area contributed by atoms with Gasteiger partial charge in [-0.2, -0.15) is 0 Å². The lowest BCUT2D eigenvalue weighted by Crippen LogP contribution is -2.37. The minimum absolute atomic E-state index is 0.0246. The molecule has 10 heteroatoms. The van der Waals surface area contributed by atoms with Gasteiger partial charge >= 0.3 is 19.8 Å². The van der Waals surface area contributed by atoms with Crippen molar-refractivity contribution in [1.82, 2.24) is 0 Å². The van der Waals surface area contributed by atoms with Crippen molar-refractivity contribution in [1.29, 1.82) is 0 Å². The first-order chi connectivity index (χ1) is 43.0. The standard InChI is InChI=1S/C78H132NO8P/c1-6-8-10-12-14-16-18-20-22-24-26-28-30-31-32-33-34-35-36-37-38-39-40-41-42-43-44-45-46-47-49-51-53-55-57-59-61-63-65-67-69-71-78(81)87-76(75-86-88(82,83)85-73-72-79(3,4)5)74-84-77(80)70-68-66-64-62-60-58-56-54-52-50-48-29-27-25-23-21-19-17-15-13-11-9-7-2/h8-11,14-17,20-23,26-29,31-32,34-35,37-38,50,52,76H,6-7,12-13,18-19,24-25,30,33,36,39-49,51,53-75H2,1-5H3/p+1/b10-8-,11-9-,16-14-,17-15-,22-20-,23-21-,28-26-,29-27-,32-31-,35-34-,38-37-,52-50-. The summed E-state index contributed by atoms with van der Waals surface area (Å²) >= 11 is 0. The molecule has 0 rings (SSSR count). The number of allylic oxidation sites excluding steroid dienone is 24. The van der Waals surface area contributed by atoms with Gasteiger partial charge in [-0.1, -0.05) is 301 Å². The molecule has 9 nitrogen and oxygen atoms in total. The molecule has 0 aromatic rings. The summed E-state index contributed by atoms with van der Waals surface area (Å²) in [7, 11) is 1.46. The zero-order valence-corrected chi connectivity index (χ0v) is 58.1. The Balaban J connectivity index is 4.02. The van der Waals surface area contributed by atoms with Crippen LogP contribution in [0.15, 0.2) is 146 Å². The molecule has 88 heavy (non-hydrogen) atoms. The lowest BCUT2D eigenvalue weighted by Gasteiger charge is -2.24. The van der Waals surface area contributed by atoms with Crippen molar-refractivity contribution < 1.29 is 42.1 Å². The fraction of sp³-hybridized carbons (Fsp3) is 0.667. The summed E-state index contributed by atoms with van der Waals surface area (Å²) in [6, 6.07) is 0. The Morgan fingerprint density at radius 2 is 0.614 bits per heavy atom. The molecule has 0 aliphatic heterocycles. The van der Waals surface area contributed by atoms with E-state index >= 15 is 0 Å².